The maximum Gasteiger partial charge on any atom is 0.220 e. The second-order valence-electron chi connectivity index (χ2n) is 5.43. The Kier molecular flexibility index (Phi) is 5.22. The Morgan fingerprint density at radius 1 is 1.29 bits per heavy atom. The second kappa shape index (κ2) is 6.46. The molecule has 98 valence electrons. The molecule has 2 nitrogen and oxygen atoms in total. The summed E-state index contributed by atoms with van der Waals surface area (Å²) in [6, 6.07) is 0. The first-order valence-electron chi connectivity index (χ1n) is 6.69. The van der Waals surface area contributed by atoms with Gasteiger partial charge in [0.05, 0.1) is 0 Å². The van der Waals surface area contributed by atoms with Gasteiger partial charge in [-0.1, -0.05) is 28.8 Å². The predicted molar refractivity (Wildman–Crippen MR) is 77.8 cm³/mol. The highest BCUT2D eigenvalue weighted by atomic mass is 79.9. The first kappa shape index (κ1) is 13.7. The summed E-state index contributed by atoms with van der Waals surface area (Å²) in [7, 11) is 0. The molecule has 4 heteroatoms. The summed E-state index contributed by atoms with van der Waals surface area (Å²) >= 11 is 5.59. The smallest absolute Gasteiger partial charge is 0.220 e. The van der Waals surface area contributed by atoms with Crippen LogP contribution in [0.1, 0.15) is 44.9 Å². The zero-order chi connectivity index (χ0) is 12.1. The van der Waals surface area contributed by atoms with Crippen LogP contribution < -0.4 is 5.32 Å². The van der Waals surface area contributed by atoms with Crippen molar-refractivity contribution in [1.29, 1.82) is 0 Å². The molecule has 0 atom stereocenters. The van der Waals surface area contributed by atoms with Gasteiger partial charge in [0.2, 0.25) is 5.91 Å². The highest BCUT2D eigenvalue weighted by Gasteiger charge is 2.34. The average molecular weight is 320 g/mol. The van der Waals surface area contributed by atoms with Crippen LogP contribution in [-0.4, -0.2) is 28.3 Å². The number of amides is 1. The number of carbonyl (C=O) groups excluding carboxylic acids is 1. The van der Waals surface area contributed by atoms with Crippen molar-refractivity contribution in [2.24, 2.45) is 5.92 Å². The number of carbonyl (C=O) groups is 1. The maximum atomic E-state index is 12.1. The van der Waals surface area contributed by atoms with Crippen LogP contribution in [0.4, 0.5) is 0 Å². The molecule has 2 aliphatic rings. The molecule has 1 aliphatic heterocycles. The summed E-state index contributed by atoms with van der Waals surface area (Å²) in [4.78, 5) is 12.1. The molecule has 0 bridgehead atoms. The van der Waals surface area contributed by atoms with Gasteiger partial charge in [0, 0.05) is 17.3 Å². The van der Waals surface area contributed by atoms with E-state index in [-0.39, 0.29) is 11.4 Å². The lowest BCUT2D eigenvalue weighted by molar-refractivity contribution is -0.123. The first-order chi connectivity index (χ1) is 8.24. The summed E-state index contributed by atoms with van der Waals surface area (Å²) in [5.74, 6) is 3.39. The Balaban J connectivity index is 1.79. The topological polar surface area (TPSA) is 29.1 Å². The summed E-state index contributed by atoms with van der Waals surface area (Å²) in [6.07, 6.45) is 7.99. The zero-order valence-corrected chi connectivity index (χ0v) is 12.7. The fourth-order valence-electron chi connectivity index (χ4n) is 2.90. The van der Waals surface area contributed by atoms with E-state index in [2.05, 4.69) is 21.2 Å². The van der Waals surface area contributed by atoms with Gasteiger partial charge in [-0.15, -0.1) is 0 Å². The lowest BCUT2D eigenvalue weighted by Crippen LogP contribution is -2.48. The highest BCUT2D eigenvalue weighted by Crippen LogP contribution is 2.32. The van der Waals surface area contributed by atoms with Crippen LogP contribution in [0.5, 0.6) is 0 Å². The number of halogens is 1. The summed E-state index contributed by atoms with van der Waals surface area (Å²) < 4.78 is 0. The third-order valence-corrected chi connectivity index (χ3v) is 6.16. The summed E-state index contributed by atoms with van der Waals surface area (Å²) in [5.41, 5.74) is 0.0699. The molecular formula is C13H22BrNOS. The van der Waals surface area contributed by atoms with Crippen LogP contribution in [0.3, 0.4) is 0 Å². The van der Waals surface area contributed by atoms with Crippen molar-refractivity contribution in [1.82, 2.24) is 5.32 Å². The number of hydrogen-bond acceptors (Lipinski definition) is 2. The lowest BCUT2D eigenvalue weighted by atomic mass is 9.96. The van der Waals surface area contributed by atoms with Gasteiger partial charge < -0.3 is 5.32 Å². The van der Waals surface area contributed by atoms with E-state index in [1.165, 1.54) is 37.2 Å². The molecule has 0 spiro atoms. The maximum absolute atomic E-state index is 12.1. The molecule has 0 radical (unpaired) electrons. The van der Waals surface area contributed by atoms with Crippen molar-refractivity contribution in [3.8, 4) is 0 Å². The molecule has 2 rings (SSSR count). The number of rotatable bonds is 4. The van der Waals surface area contributed by atoms with Crippen LogP contribution in [0, 0.1) is 5.92 Å². The molecule has 0 aromatic rings. The minimum absolute atomic E-state index is 0.0699. The SMILES string of the molecule is O=C(CC1CCSCC1)NC1(CBr)CCCC1. The third kappa shape index (κ3) is 3.88. The van der Waals surface area contributed by atoms with E-state index in [4.69, 9.17) is 0 Å². The van der Waals surface area contributed by atoms with Crippen molar-refractivity contribution >= 4 is 33.6 Å². The fourth-order valence-corrected chi connectivity index (χ4v) is 4.81. The Morgan fingerprint density at radius 3 is 2.53 bits per heavy atom. The molecule has 0 aromatic heterocycles. The molecule has 0 aromatic carbocycles. The van der Waals surface area contributed by atoms with Crippen molar-refractivity contribution in [2.45, 2.75) is 50.5 Å². The van der Waals surface area contributed by atoms with E-state index >= 15 is 0 Å². The Hall–Kier alpha value is 0.300. The normalized spacial score (nSPS) is 24.8. The van der Waals surface area contributed by atoms with Crippen molar-refractivity contribution in [3.05, 3.63) is 0 Å². The Bertz CT molecular complexity index is 260. The van der Waals surface area contributed by atoms with Gasteiger partial charge in [0.15, 0.2) is 0 Å². The standard InChI is InChI=1S/C13H22BrNOS/c14-10-13(5-1-2-6-13)15-12(16)9-11-3-7-17-8-4-11/h11H,1-10H2,(H,15,16). The molecule has 1 heterocycles. The molecule has 0 unspecified atom stereocenters. The van der Waals surface area contributed by atoms with Crippen LogP contribution in [0.2, 0.25) is 0 Å². The lowest BCUT2D eigenvalue weighted by Gasteiger charge is -2.29. The predicted octanol–water partition coefficient (Wildman–Crippen LogP) is 3.34. The van der Waals surface area contributed by atoms with Gasteiger partial charge in [0.1, 0.15) is 0 Å². The minimum Gasteiger partial charge on any atom is -0.350 e. The number of hydrogen-bond donors (Lipinski definition) is 1. The average Bonchev–Trinajstić information content (AvgIpc) is 2.79. The monoisotopic (exact) mass is 319 g/mol. The number of thioether (sulfide) groups is 1. The second-order valence-corrected chi connectivity index (χ2v) is 7.21. The van der Waals surface area contributed by atoms with Gasteiger partial charge in [-0.05, 0) is 43.1 Å². The zero-order valence-electron chi connectivity index (χ0n) is 10.3. The van der Waals surface area contributed by atoms with E-state index in [1.807, 2.05) is 11.8 Å². The van der Waals surface area contributed by atoms with Crippen LogP contribution >= 0.6 is 27.7 Å². The summed E-state index contributed by atoms with van der Waals surface area (Å²) in [6.45, 7) is 0. The van der Waals surface area contributed by atoms with E-state index in [9.17, 15) is 4.79 Å². The molecule has 1 saturated carbocycles. The van der Waals surface area contributed by atoms with E-state index in [0.29, 0.717) is 5.92 Å². The first-order valence-corrected chi connectivity index (χ1v) is 8.96. The van der Waals surface area contributed by atoms with Gasteiger partial charge in [0.25, 0.3) is 0 Å². The number of alkyl halides is 1. The van der Waals surface area contributed by atoms with Gasteiger partial charge >= 0.3 is 0 Å². The van der Waals surface area contributed by atoms with Crippen molar-refractivity contribution in [2.75, 3.05) is 16.8 Å². The fraction of sp³-hybridized carbons (Fsp3) is 0.923. The van der Waals surface area contributed by atoms with E-state index in [0.717, 1.165) is 24.6 Å². The molecule has 1 saturated heterocycles. The molecule has 1 amide bonds. The molecule has 1 N–H and O–H groups in total. The van der Waals surface area contributed by atoms with Crippen LogP contribution in [0.15, 0.2) is 0 Å². The molecule has 2 fully saturated rings. The van der Waals surface area contributed by atoms with Gasteiger partial charge in [-0.3, -0.25) is 4.79 Å². The highest BCUT2D eigenvalue weighted by molar-refractivity contribution is 9.09. The van der Waals surface area contributed by atoms with Crippen LogP contribution in [-0.2, 0) is 4.79 Å². The largest absolute Gasteiger partial charge is 0.350 e. The molecular weight excluding hydrogens is 298 g/mol. The van der Waals surface area contributed by atoms with Crippen molar-refractivity contribution in [3.63, 3.8) is 0 Å². The number of nitrogens with one attached hydrogen (secondary N) is 1. The van der Waals surface area contributed by atoms with E-state index < -0.39 is 0 Å². The molecule has 17 heavy (non-hydrogen) atoms. The van der Waals surface area contributed by atoms with Gasteiger partial charge in [-0.2, -0.15) is 11.8 Å². The van der Waals surface area contributed by atoms with Crippen LogP contribution in [0.25, 0.3) is 0 Å². The quantitative estimate of drug-likeness (QED) is 0.805. The van der Waals surface area contributed by atoms with E-state index in [1.54, 1.807) is 0 Å². The third-order valence-electron chi connectivity index (χ3n) is 4.04. The Morgan fingerprint density at radius 2 is 1.94 bits per heavy atom. The van der Waals surface area contributed by atoms with Crippen molar-refractivity contribution < 1.29 is 4.79 Å². The minimum atomic E-state index is 0.0699. The van der Waals surface area contributed by atoms with Gasteiger partial charge in [-0.25, -0.2) is 0 Å². The molecule has 1 aliphatic carbocycles. The Labute approximate surface area is 117 Å². The summed E-state index contributed by atoms with van der Waals surface area (Å²) in [5, 5.41) is 4.21.